The van der Waals surface area contributed by atoms with Crippen molar-refractivity contribution >= 4 is 22.7 Å². The fourth-order valence-electron chi connectivity index (χ4n) is 3.18. The number of aryl methyl sites for hydroxylation is 1. The van der Waals surface area contributed by atoms with Gasteiger partial charge >= 0.3 is 0 Å². The molecule has 1 aliphatic rings. The molecule has 0 aliphatic carbocycles. The highest BCUT2D eigenvalue weighted by atomic mass is 15.2. The third-order valence-electron chi connectivity index (χ3n) is 4.50. The zero-order chi connectivity index (χ0) is 15.6. The van der Waals surface area contributed by atoms with Crippen LogP contribution in [-0.4, -0.2) is 39.1 Å². The molecule has 3 aromatic rings. The second kappa shape index (κ2) is 5.87. The molecule has 0 atom stereocenters. The van der Waals surface area contributed by atoms with E-state index in [1.54, 1.807) is 12.7 Å². The van der Waals surface area contributed by atoms with Gasteiger partial charge in [-0.1, -0.05) is 18.2 Å². The number of H-pyrrole nitrogens is 1. The molecule has 3 heterocycles. The van der Waals surface area contributed by atoms with Crippen LogP contribution < -0.4 is 10.2 Å². The molecule has 6 heteroatoms. The number of imidazole rings is 1. The van der Waals surface area contributed by atoms with Gasteiger partial charge in [-0.3, -0.25) is 0 Å². The van der Waals surface area contributed by atoms with Gasteiger partial charge in [0.05, 0.1) is 6.33 Å². The van der Waals surface area contributed by atoms with E-state index in [4.69, 9.17) is 0 Å². The minimum Gasteiger partial charge on any atom is -0.382 e. The molecule has 1 aliphatic heterocycles. The van der Waals surface area contributed by atoms with Gasteiger partial charge in [-0.05, 0) is 31.4 Å². The highest BCUT2D eigenvalue weighted by molar-refractivity contribution is 5.82. The summed E-state index contributed by atoms with van der Waals surface area (Å²) in [6, 6.07) is 8.97. The quantitative estimate of drug-likeness (QED) is 0.778. The summed E-state index contributed by atoms with van der Waals surface area (Å²) in [4.78, 5) is 18.3. The number of fused-ring (bicyclic) bond motifs is 1. The average molecular weight is 308 g/mol. The van der Waals surface area contributed by atoms with Gasteiger partial charge in [0.25, 0.3) is 0 Å². The Balaban J connectivity index is 1.45. The minimum absolute atomic E-state index is 0.506. The van der Waals surface area contributed by atoms with Crippen molar-refractivity contribution in [3.05, 3.63) is 42.5 Å². The van der Waals surface area contributed by atoms with Crippen LogP contribution in [0.4, 0.5) is 11.5 Å². The SMILES string of the molecule is Cc1ccccc1NC1CCN(c2ncnc3nc[nH]c23)CC1. The van der Waals surface area contributed by atoms with Crippen molar-refractivity contribution < 1.29 is 0 Å². The fourth-order valence-corrected chi connectivity index (χ4v) is 3.18. The molecule has 0 spiro atoms. The number of rotatable bonds is 3. The number of benzene rings is 1. The number of aromatic nitrogens is 4. The monoisotopic (exact) mass is 308 g/mol. The van der Waals surface area contributed by atoms with E-state index >= 15 is 0 Å². The highest BCUT2D eigenvalue weighted by Gasteiger charge is 2.22. The number of anilines is 2. The van der Waals surface area contributed by atoms with Crippen molar-refractivity contribution in [3.8, 4) is 0 Å². The van der Waals surface area contributed by atoms with Gasteiger partial charge in [0.15, 0.2) is 11.5 Å². The summed E-state index contributed by atoms with van der Waals surface area (Å²) in [5.74, 6) is 0.960. The van der Waals surface area contributed by atoms with E-state index in [0.29, 0.717) is 6.04 Å². The molecule has 0 amide bonds. The number of piperidine rings is 1. The predicted octanol–water partition coefficient (Wildman–Crippen LogP) is 2.74. The maximum absolute atomic E-state index is 4.45. The molecule has 0 saturated carbocycles. The summed E-state index contributed by atoms with van der Waals surface area (Å²) in [6.45, 7) is 4.11. The number of aromatic amines is 1. The average Bonchev–Trinajstić information content (AvgIpc) is 3.06. The molecular weight excluding hydrogens is 288 g/mol. The number of para-hydroxylation sites is 1. The summed E-state index contributed by atoms with van der Waals surface area (Å²) in [7, 11) is 0. The third kappa shape index (κ3) is 2.72. The number of hydrogen-bond donors (Lipinski definition) is 2. The van der Waals surface area contributed by atoms with Crippen LogP contribution in [0, 0.1) is 6.92 Å². The van der Waals surface area contributed by atoms with Crippen LogP contribution >= 0.6 is 0 Å². The van der Waals surface area contributed by atoms with E-state index in [9.17, 15) is 0 Å². The molecule has 4 rings (SSSR count). The first-order valence-electron chi connectivity index (χ1n) is 8.02. The molecule has 6 nitrogen and oxygen atoms in total. The van der Waals surface area contributed by atoms with Gasteiger partial charge in [-0.2, -0.15) is 0 Å². The molecule has 0 unspecified atom stereocenters. The zero-order valence-corrected chi connectivity index (χ0v) is 13.2. The Hall–Kier alpha value is -2.63. The lowest BCUT2D eigenvalue weighted by Gasteiger charge is -2.33. The molecule has 1 saturated heterocycles. The van der Waals surface area contributed by atoms with Crippen molar-refractivity contribution in [1.82, 2.24) is 19.9 Å². The third-order valence-corrected chi connectivity index (χ3v) is 4.50. The first-order valence-corrected chi connectivity index (χ1v) is 8.02. The first kappa shape index (κ1) is 14.0. The smallest absolute Gasteiger partial charge is 0.182 e. The van der Waals surface area contributed by atoms with Crippen LogP contribution in [0.5, 0.6) is 0 Å². The molecule has 0 radical (unpaired) electrons. The highest BCUT2D eigenvalue weighted by Crippen LogP contribution is 2.25. The largest absolute Gasteiger partial charge is 0.382 e. The first-order chi connectivity index (χ1) is 11.3. The lowest BCUT2D eigenvalue weighted by Crippen LogP contribution is -2.39. The van der Waals surface area contributed by atoms with Crippen molar-refractivity contribution in [3.63, 3.8) is 0 Å². The molecule has 2 N–H and O–H groups in total. The van der Waals surface area contributed by atoms with Gasteiger partial charge in [-0.25, -0.2) is 15.0 Å². The molecule has 1 fully saturated rings. The second-order valence-corrected chi connectivity index (χ2v) is 6.02. The Bertz CT molecular complexity index is 803. The van der Waals surface area contributed by atoms with Gasteiger partial charge < -0.3 is 15.2 Å². The fraction of sp³-hybridized carbons (Fsp3) is 0.353. The maximum Gasteiger partial charge on any atom is 0.182 e. The Morgan fingerprint density at radius 1 is 1.13 bits per heavy atom. The van der Waals surface area contributed by atoms with Crippen molar-refractivity contribution in [2.24, 2.45) is 0 Å². The van der Waals surface area contributed by atoms with Crippen LogP contribution in [-0.2, 0) is 0 Å². The van der Waals surface area contributed by atoms with Crippen LogP contribution in [0.15, 0.2) is 36.9 Å². The zero-order valence-electron chi connectivity index (χ0n) is 13.2. The van der Waals surface area contributed by atoms with Gasteiger partial charge in [0, 0.05) is 24.8 Å². The standard InChI is InChI=1S/C17H20N6/c1-12-4-2-3-5-14(12)22-13-6-8-23(9-7-13)17-15-16(19-10-18-15)20-11-21-17/h2-5,10-11,13,22H,6-9H2,1H3,(H,18,19,20,21). The van der Waals surface area contributed by atoms with E-state index in [2.05, 4.69) is 61.3 Å². The van der Waals surface area contributed by atoms with Gasteiger partial charge in [0.1, 0.15) is 11.8 Å². The van der Waals surface area contributed by atoms with Crippen LogP contribution in [0.25, 0.3) is 11.2 Å². The summed E-state index contributed by atoms with van der Waals surface area (Å²) >= 11 is 0. The van der Waals surface area contributed by atoms with Crippen molar-refractivity contribution in [1.29, 1.82) is 0 Å². The summed E-state index contributed by atoms with van der Waals surface area (Å²) in [5, 5.41) is 3.67. The van der Waals surface area contributed by atoms with Gasteiger partial charge in [-0.15, -0.1) is 0 Å². The number of nitrogens with zero attached hydrogens (tertiary/aromatic N) is 4. The van der Waals surface area contributed by atoms with Crippen LogP contribution in [0.3, 0.4) is 0 Å². The van der Waals surface area contributed by atoms with Crippen molar-refractivity contribution in [2.75, 3.05) is 23.3 Å². The molecular formula is C17H20N6. The van der Waals surface area contributed by atoms with E-state index in [0.717, 1.165) is 42.9 Å². The summed E-state index contributed by atoms with van der Waals surface area (Å²) in [6.07, 6.45) is 5.45. The van der Waals surface area contributed by atoms with Crippen LogP contribution in [0.1, 0.15) is 18.4 Å². The van der Waals surface area contributed by atoms with E-state index < -0.39 is 0 Å². The lowest BCUT2D eigenvalue weighted by atomic mass is 10.0. The lowest BCUT2D eigenvalue weighted by molar-refractivity contribution is 0.524. The minimum atomic E-state index is 0.506. The maximum atomic E-state index is 4.45. The van der Waals surface area contributed by atoms with Crippen molar-refractivity contribution in [2.45, 2.75) is 25.8 Å². The molecule has 118 valence electrons. The molecule has 23 heavy (non-hydrogen) atoms. The Kier molecular flexibility index (Phi) is 3.57. The topological polar surface area (TPSA) is 69.7 Å². The van der Waals surface area contributed by atoms with E-state index in [1.165, 1.54) is 11.3 Å². The summed E-state index contributed by atoms with van der Waals surface area (Å²) < 4.78 is 0. The number of hydrogen-bond acceptors (Lipinski definition) is 5. The van der Waals surface area contributed by atoms with Crippen LogP contribution in [0.2, 0.25) is 0 Å². The van der Waals surface area contributed by atoms with E-state index in [-0.39, 0.29) is 0 Å². The molecule has 0 bridgehead atoms. The number of nitrogens with one attached hydrogen (secondary N) is 2. The second-order valence-electron chi connectivity index (χ2n) is 6.02. The Labute approximate surface area is 135 Å². The molecule has 1 aromatic carbocycles. The Morgan fingerprint density at radius 3 is 2.78 bits per heavy atom. The van der Waals surface area contributed by atoms with E-state index in [1.807, 2.05) is 0 Å². The van der Waals surface area contributed by atoms with Gasteiger partial charge in [0.2, 0.25) is 0 Å². The normalized spacial score (nSPS) is 16.0. The predicted molar refractivity (Wildman–Crippen MR) is 91.7 cm³/mol. The Morgan fingerprint density at radius 2 is 1.96 bits per heavy atom. The molecule has 2 aromatic heterocycles. The summed E-state index contributed by atoms with van der Waals surface area (Å²) in [5.41, 5.74) is 4.20.